The van der Waals surface area contributed by atoms with Crippen LogP contribution in [-0.2, 0) is 19.1 Å². The van der Waals surface area contributed by atoms with E-state index in [2.05, 4.69) is 4.74 Å². The number of carbonyl (C=O) groups excluding carboxylic acids is 2. The standard InChI is InChI=1S/C9H15NO4/c1-3-4-13-9(12)5-8(10)6-14-7(2)11/h10H,3-6H2,1-2H3. The van der Waals surface area contributed by atoms with Crippen LogP contribution < -0.4 is 0 Å². The highest BCUT2D eigenvalue weighted by Crippen LogP contribution is 1.92. The molecule has 0 aliphatic carbocycles. The fraction of sp³-hybridized carbons (Fsp3) is 0.667. The molecule has 1 N–H and O–H groups in total. The van der Waals surface area contributed by atoms with Crippen molar-refractivity contribution >= 4 is 17.7 Å². The molecule has 0 spiro atoms. The molecule has 0 aromatic heterocycles. The van der Waals surface area contributed by atoms with Gasteiger partial charge in [-0.1, -0.05) is 6.92 Å². The zero-order valence-corrected chi connectivity index (χ0v) is 8.46. The van der Waals surface area contributed by atoms with Gasteiger partial charge in [-0.15, -0.1) is 0 Å². The van der Waals surface area contributed by atoms with Gasteiger partial charge in [0.25, 0.3) is 0 Å². The average molecular weight is 201 g/mol. The van der Waals surface area contributed by atoms with Crippen molar-refractivity contribution in [2.45, 2.75) is 26.7 Å². The third-order valence-electron chi connectivity index (χ3n) is 1.27. The molecular weight excluding hydrogens is 186 g/mol. The summed E-state index contributed by atoms with van der Waals surface area (Å²) in [5.74, 6) is -0.916. The lowest BCUT2D eigenvalue weighted by Gasteiger charge is -2.04. The summed E-state index contributed by atoms with van der Waals surface area (Å²) in [6.07, 6.45) is 0.635. The Balaban J connectivity index is 3.60. The molecule has 0 saturated heterocycles. The predicted octanol–water partition coefficient (Wildman–Crippen LogP) is 0.913. The summed E-state index contributed by atoms with van der Waals surface area (Å²) in [5, 5.41) is 7.27. The van der Waals surface area contributed by atoms with Gasteiger partial charge in [0, 0.05) is 6.92 Å². The van der Waals surface area contributed by atoms with Crippen LogP contribution in [0, 0.1) is 5.41 Å². The monoisotopic (exact) mass is 201 g/mol. The van der Waals surface area contributed by atoms with Crippen molar-refractivity contribution < 1.29 is 19.1 Å². The Hall–Kier alpha value is -1.39. The van der Waals surface area contributed by atoms with Crippen molar-refractivity contribution in [3.05, 3.63) is 0 Å². The van der Waals surface area contributed by atoms with E-state index in [0.717, 1.165) is 6.42 Å². The maximum absolute atomic E-state index is 11.0. The first-order valence-corrected chi connectivity index (χ1v) is 4.41. The summed E-state index contributed by atoms with van der Waals surface area (Å²) in [6, 6.07) is 0. The molecule has 0 radical (unpaired) electrons. The van der Waals surface area contributed by atoms with Crippen molar-refractivity contribution in [3.8, 4) is 0 Å². The van der Waals surface area contributed by atoms with Crippen LogP contribution in [-0.4, -0.2) is 30.9 Å². The normalized spacial score (nSPS) is 9.29. The van der Waals surface area contributed by atoms with Crippen LogP contribution in [0.5, 0.6) is 0 Å². The Morgan fingerprint density at radius 3 is 2.43 bits per heavy atom. The summed E-state index contributed by atoms with van der Waals surface area (Å²) in [4.78, 5) is 21.3. The molecule has 0 atom stereocenters. The SMILES string of the molecule is CCCOC(=O)CC(=N)COC(C)=O. The summed E-state index contributed by atoms with van der Waals surface area (Å²) in [5.41, 5.74) is 0.0429. The largest absolute Gasteiger partial charge is 0.465 e. The molecule has 14 heavy (non-hydrogen) atoms. The van der Waals surface area contributed by atoms with Crippen molar-refractivity contribution in [2.75, 3.05) is 13.2 Å². The van der Waals surface area contributed by atoms with Crippen molar-refractivity contribution in [1.82, 2.24) is 0 Å². The fourth-order valence-corrected chi connectivity index (χ4v) is 0.681. The fourth-order valence-electron chi connectivity index (χ4n) is 0.681. The van der Waals surface area contributed by atoms with Gasteiger partial charge in [-0.25, -0.2) is 0 Å². The first kappa shape index (κ1) is 12.6. The molecule has 0 bridgehead atoms. The van der Waals surface area contributed by atoms with Crippen molar-refractivity contribution in [2.24, 2.45) is 0 Å². The lowest BCUT2D eigenvalue weighted by Crippen LogP contribution is -2.16. The maximum atomic E-state index is 11.0. The quantitative estimate of drug-likeness (QED) is 0.512. The number of rotatable bonds is 6. The van der Waals surface area contributed by atoms with Gasteiger partial charge in [0.1, 0.15) is 6.61 Å². The summed E-state index contributed by atoms with van der Waals surface area (Å²) in [6.45, 7) is 3.36. The van der Waals surface area contributed by atoms with Crippen LogP contribution in [0.1, 0.15) is 26.7 Å². The molecule has 5 heteroatoms. The zero-order chi connectivity index (χ0) is 11.0. The number of carbonyl (C=O) groups is 2. The highest BCUT2D eigenvalue weighted by atomic mass is 16.5. The van der Waals surface area contributed by atoms with Gasteiger partial charge < -0.3 is 14.9 Å². The number of ether oxygens (including phenoxy) is 2. The molecule has 0 fully saturated rings. The third kappa shape index (κ3) is 7.27. The lowest BCUT2D eigenvalue weighted by atomic mass is 10.3. The van der Waals surface area contributed by atoms with Gasteiger partial charge in [0.05, 0.1) is 18.7 Å². The van der Waals surface area contributed by atoms with Crippen LogP contribution >= 0.6 is 0 Å². The first-order valence-electron chi connectivity index (χ1n) is 4.41. The molecule has 0 aliphatic rings. The number of nitrogens with one attached hydrogen (secondary N) is 1. The maximum Gasteiger partial charge on any atom is 0.311 e. The first-order chi connectivity index (χ1) is 6.56. The minimum atomic E-state index is -0.461. The number of hydrogen-bond donors (Lipinski definition) is 1. The lowest BCUT2D eigenvalue weighted by molar-refractivity contribution is -0.143. The molecule has 0 saturated carbocycles. The molecule has 5 nitrogen and oxygen atoms in total. The van der Waals surface area contributed by atoms with Gasteiger partial charge in [0.15, 0.2) is 0 Å². The third-order valence-corrected chi connectivity index (χ3v) is 1.27. The van der Waals surface area contributed by atoms with Crippen LogP contribution in [0.15, 0.2) is 0 Å². The summed E-state index contributed by atoms with van der Waals surface area (Å²) >= 11 is 0. The van der Waals surface area contributed by atoms with E-state index >= 15 is 0 Å². The molecule has 0 amide bonds. The smallest absolute Gasteiger partial charge is 0.311 e. The van der Waals surface area contributed by atoms with Gasteiger partial charge >= 0.3 is 11.9 Å². The van der Waals surface area contributed by atoms with E-state index in [4.69, 9.17) is 10.1 Å². The Bertz CT molecular complexity index is 225. The Labute approximate surface area is 82.9 Å². The Kier molecular flexibility index (Phi) is 6.36. The van der Waals surface area contributed by atoms with Crippen molar-refractivity contribution in [3.63, 3.8) is 0 Å². The second-order valence-electron chi connectivity index (χ2n) is 2.78. The second-order valence-corrected chi connectivity index (χ2v) is 2.78. The number of esters is 2. The van der Waals surface area contributed by atoms with E-state index in [9.17, 15) is 9.59 Å². The van der Waals surface area contributed by atoms with Gasteiger partial charge in [0.2, 0.25) is 0 Å². The van der Waals surface area contributed by atoms with Crippen LogP contribution in [0.25, 0.3) is 0 Å². The predicted molar refractivity (Wildman–Crippen MR) is 50.2 cm³/mol. The zero-order valence-electron chi connectivity index (χ0n) is 8.46. The number of hydrogen-bond acceptors (Lipinski definition) is 5. The Morgan fingerprint density at radius 1 is 1.29 bits per heavy atom. The molecule has 0 heterocycles. The molecule has 0 unspecified atom stereocenters. The highest BCUT2D eigenvalue weighted by Gasteiger charge is 2.08. The van der Waals surface area contributed by atoms with Gasteiger partial charge in [-0.2, -0.15) is 0 Å². The van der Waals surface area contributed by atoms with E-state index in [-0.39, 0.29) is 18.7 Å². The van der Waals surface area contributed by atoms with E-state index in [1.807, 2.05) is 6.92 Å². The second kappa shape index (κ2) is 7.06. The molecule has 80 valence electrons. The summed E-state index contributed by atoms with van der Waals surface area (Å²) < 4.78 is 9.29. The van der Waals surface area contributed by atoms with Crippen LogP contribution in [0.3, 0.4) is 0 Å². The van der Waals surface area contributed by atoms with Crippen LogP contribution in [0.4, 0.5) is 0 Å². The average Bonchev–Trinajstić information content (AvgIpc) is 2.11. The topological polar surface area (TPSA) is 76.5 Å². The van der Waals surface area contributed by atoms with E-state index < -0.39 is 11.9 Å². The molecular formula is C9H15NO4. The van der Waals surface area contributed by atoms with E-state index in [1.54, 1.807) is 0 Å². The van der Waals surface area contributed by atoms with Crippen molar-refractivity contribution in [1.29, 1.82) is 5.41 Å². The van der Waals surface area contributed by atoms with Gasteiger partial charge in [-0.05, 0) is 6.42 Å². The molecule has 0 aromatic rings. The molecule has 0 aliphatic heterocycles. The summed E-state index contributed by atoms with van der Waals surface area (Å²) in [7, 11) is 0. The highest BCUT2D eigenvalue weighted by molar-refractivity contribution is 5.98. The van der Waals surface area contributed by atoms with Gasteiger partial charge in [-0.3, -0.25) is 9.59 Å². The molecule has 0 aromatic carbocycles. The Morgan fingerprint density at radius 2 is 1.93 bits per heavy atom. The molecule has 0 rings (SSSR count). The van der Waals surface area contributed by atoms with E-state index in [0.29, 0.717) is 6.61 Å². The minimum Gasteiger partial charge on any atom is -0.465 e. The minimum absolute atomic E-state index is 0.0429. The van der Waals surface area contributed by atoms with E-state index in [1.165, 1.54) is 6.92 Å². The van der Waals surface area contributed by atoms with Crippen LogP contribution in [0.2, 0.25) is 0 Å².